The predicted molar refractivity (Wildman–Crippen MR) is 63.0 cm³/mol. The third kappa shape index (κ3) is 2.80. The lowest BCUT2D eigenvalue weighted by molar-refractivity contribution is 0.138. The molecular weight excluding hydrogens is 232 g/mol. The number of thiophene rings is 1. The molecule has 1 aromatic heterocycles. The molecule has 0 aromatic carbocycles. The Balaban J connectivity index is 2.81. The molecule has 1 unspecified atom stereocenters. The minimum Gasteiger partial charge on any atom is -0.391 e. The summed E-state index contributed by atoms with van der Waals surface area (Å²) in [7, 11) is -3.25. The highest BCUT2D eigenvalue weighted by Gasteiger charge is 2.37. The van der Waals surface area contributed by atoms with Gasteiger partial charge in [-0.05, 0) is 36.2 Å². The first-order valence-corrected chi connectivity index (χ1v) is 7.47. The maximum Gasteiger partial charge on any atom is 0.155 e. The van der Waals surface area contributed by atoms with Gasteiger partial charge in [-0.3, -0.25) is 0 Å². The molecule has 0 aliphatic rings. The van der Waals surface area contributed by atoms with Crippen molar-refractivity contribution in [3.63, 3.8) is 0 Å². The second kappa shape index (κ2) is 4.23. The van der Waals surface area contributed by atoms with Gasteiger partial charge in [0.15, 0.2) is 9.84 Å². The molecule has 0 aliphatic heterocycles. The Morgan fingerprint density at radius 1 is 1.53 bits per heavy atom. The van der Waals surface area contributed by atoms with Gasteiger partial charge in [0.2, 0.25) is 0 Å². The molecule has 0 bridgehead atoms. The summed E-state index contributed by atoms with van der Waals surface area (Å²) in [6.45, 7) is 3.11. The zero-order valence-electron chi connectivity index (χ0n) is 9.10. The topological polar surface area (TPSA) is 54.4 Å². The Hall–Kier alpha value is -0.390. The van der Waals surface area contributed by atoms with Crippen molar-refractivity contribution < 1.29 is 13.5 Å². The molecule has 0 saturated heterocycles. The van der Waals surface area contributed by atoms with E-state index < -0.39 is 20.7 Å². The van der Waals surface area contributed by atoms with Crippen LogP contribution in [0.25, 0.3) is 0 Å². The average molecular weight is 248 g/mol. The molecule has 0 spiro atoms. The smallest absolute Gasteiger partial charge is 0.155 e. The summed E-state index contributed by atoms with van der Waals surface area (Å²) in [5.74, 6) is 0. The van der Waals surface area contributed by atoms with E-state index in [2.05, 4.69) is 0 Å². The molecule has 1 rings (SSSR count). The molecular formula is C10H16O3S2. The van der Waals surface area contributed by atoms with Crippen molar-refractivity contribution >= 4 is 21.2 Å². The molecule has 0 saturated carbocycles. The van der Waals surface area contributed by atoms with Crippen molar-refractivity contribution in [3.05, 3.63) is 22.4 Å². The quantitative estimate of drug-likeness (QED) is 0.878. The highest BCUT2D eigenvalue weighted by atomic mass is 32.2. The highest BCUT2D eigenvalue weighted by molar-refractivity contribution is 7.92. The van der Waals surface area contributed by atoms with Gasteiger partial charge in [0.25, 0.3) is 0 Å². The van der Waals surface area contributed by atoms with Gasteiger partial charge in [-0.25, -0.2) is 8.42 Å². The van der Waals surface area contributed by atoms with Crippen molar-refractivity contribution in [2.24, 2.45) is 0 Å². The van der Waals surface area contributed by atoms with Gasteiger partial charge in [-0.2, -0.15) is 11.3 Å². The predicted octanol–water partition coefficient (Wildman–Crippen LogP) is 1.47. The second-order valence-electron chi connectivity index (χ2n) is 4.23. The van der Waals surface area contributed by atoms with Crippen molar-refractivity contribution in [2.45, 2.75) is 31.1 Å². The fraction of sp³-hybridized carbons (Fsp3) is 0.600. The van der Waals surface area contributed by atoms with Gasteiger partial charge in [0.05, 0.1) is 10.9 Å². The van der Waals surface area contributed by atoms with Crippen LogP contribution in [-0.4, -0.2) is 30.6 Å². The van der Waals surface area contributed by atoms with E-state index >= 15 is 0 Å². The van der Waals surface area contributed by atoms with E-state index in [4.69, 9.17) is 0 Å². The zero-order valence-corrected chi connectivity index (χ0v) is 10.7. The van der Waals surface area contributed by atoms with Gasteiger partial charge >= 0.3 is 0 Å². The Morgan fingerprint density at radius 2 is 2.13 bits per heavy atom. The lowest BCUT2D eigenvalue weighted by Gasteiger charge is -2.28. The molecule has 86 valence electrons. The molecule has 0 fully saturated rings. The summed E-state index contributed by atoms with van der Waals surface area (Å²) in [4.78, 5) is 0. The van der Waals surface area contributed by atoms with E-state index in [0.717, 1.165) is 11.8 Å². The Kier molecular flexibility index (Phi) is 3.58. The summed E-state index contributed by atoms with van der Waals surface area (Å²) in [5, 5.41) is 13.7. The molecule has 15 heavy (non-hydrogen) atoms. The van der Waals surface area contributed by atoms with Crippen LogP contribution in [0.2, 0.25) is 0 Å². The first kappa shape index (κ1) is 12.7. The standard InChI is InChI=1S/C10H16O3S2/c1-10(2,15(3,12)13)9(11)6-8-4-5-14-7-8/h4-5,7,9,11H,6H2,1-3H3. The third-order valence-corrected chi connectivity index (χ3v) is 5.68. The van der Waals surface area contributed by atoms with Crippen molar-refractivity contribution in [1.82, 2.24) is 0 Å². The molecule has 5 heteroatoms. The number of rotatable bonds is 4. The normalized spacial score (nSPS) is 15.2. The van der Waals surface area contributed by atoms with Crippen LogP contribution in [-0.2, 0) is 16.3 Å². The fourth-order valence-electron chi connectivity index (χ4n) is 1.12. The minimum absolute atomic E-state index is 0.379. The first-order chi connectivity index (χ1) is 6.75. The summed E-state index contributed by atoms with van der Waals surface area (Å²) >= 11 is 1.54. The number of aliphatic hydroxyl groups excluding tert-OH is 1. The van der Waals surface area contributed by atoms with Crippen LogP contribution in [0.15, 0.2) is 16.8 Å². The van der Waals surface area contributed by atoms with Crippen molar-refractivity contribution in [1.29, 1.82) is 0 Å². The highest BCUT2D eigenvalue weighted by Crippen LogP contribution is 2.23. The van der Waals surface area contributed by atoms with Crippen LogP contribution < -0.4 is 0 Å². The van der Waals surface area contributed by atoms with Gasteiger partial charge < -0.3 is 5.11 Å². The zero-order chi connectivity index (χ0) is 11.7. The summed E-state index contributed by atoms with van der Waals surface area (Å²) in [6, 6.07) is 1.90. The van der Waals surface area contributed by atoms with Crippen LogP contribution >= 0.6 is 11.3 Å². The van der Waals surface area contributed by atoms with E-state index in [0.29, 0.717) is 6.42 Å². The Bertz CT molecular complexity index is 404. The molecule has 1 heterocycles. The van der Waals surface area contributed by atoms with E-state index in [1.165, 1.54) is 11.3 Å². The molecule has 0 amide bonds. The number of hydrogen-bond donors (Lipinski definition) is 1. The molecule has 1 aromatic rings. The van der Waals surface area contributed by atoms with Crippen LogP contribution in [0.1, 0.15) is 19.4 Å². The van der Waals surface area contributed by atoms with E-state index in [1.807, 2.05) is 16.8 Å². The van der Waals surface area contributed by atoms with E-state index in [-0.39, 0.29) is 0 Å². The lowest BCUT2D eigenvalue weighted by Crippen LogP contribution is -2.44. The lowest BCUT2D eigenvalue weighted by atomic mass is 10.0. The number of hydrogen-bond acceptors (Lipinski definition) is 4. The first-order valence-electron chi connectivity index (χ1n) is 4.64. The van der Waals surface area contributed by atoms with Crippen molar-refractivity contribution in [2.75, 3.05) is 6.26 Å². The molecule has 1 atom stereocenters. The number of aliphatic hydroxyl groups is 1. The monoisotopic (exact) mass is 248 g/mol. The molecule has 3 nitrogen and oxygen atoms in total. The molecule has 0 radical (unpaired) electrons. The van der Waals surface area contributed by atoms with Gasteiger partial charge in [-0.15, -0.1) is 0 Å². The summed E-state index contributed by atoms with van der Waals surface area (Å²) < 4.78 is 21.8. The van der Waals surface area contributed by atoms with Crippen LogP contribution in [0, 0.1) is 0 Å². The van der Waals surface area contributed by atoms with Crippen LogP contribution in [0.4, 0.5) is 0 Å². The average Bonchev–Trinajstić information content (AvgIpc) is 2.54. The van der Waals surface area contributed by atoms with Gasteiger partial charge in [0, 0.05) is 12.7 Å². The van der Waals surface area contributed by atoms with Gasteiger partial charge in [0.1, 0.15) is 0 Å². The Morgan fingerprint density at radius 3 is 2.53 bits per heavy atom. The summed E-state index contributed by atoms with van der Waals surface area (Å²) in [5.41, 5.74) is 0.976. The fourth-order valence-corrected chi connectivity index (χ4v) is 2.38. The minimum atomic E-state index is -3.25. The molecule has 1 N–H and O–H groups in total. The van der Waals surface area contributed by atoms with Crippen molar-refractivity contribution in [3.8, 4) is 0 Å². The van der Waals surface area contributed by atoms with Crippen LogP contribution in [0.5, 0.6) is 0 Å². The number of sulfone groups is 1. The van der Waals surface area contributed by atoms with E-state index in [1.54, 1.807) is 13.8 Å². The van der Waals surface area contributed by atoms with Crippen LogP contribution in [0.3, 0.4) is 0 Å². The van der Waals surface area contributed by atoms with E-state index in [9.17, 15) is 13.5 Å². The summed E-state index contributed by atoms with van der Waals surface area (Å²) in [6.07, 6.45) is 0.662. The second-order valence-corrected chi connectivity index (χ2v) is 7.60. The molecule has 0 aliphatic carbocycles. The SMILES string of the molecule is CC(C)(C(O)Cc1ccsc1)S(C)(=O)=O. The third-order valence-electron chi connectivity index (χ3n) is 2.77. The largest absolute Gasteiger partial charge is 0.391 e. The maximum absolute atomic E-state index is 11.5. The maximum atomic E-state index is 11.5. The Labute approximate surface area is 94.7 Å². The van der Waals surface area contributed by atoms with Gasteiger partial charge in [-0.1, -0.05) is 0 Å².